The van der Waals surface area contributed by atoms with Crippen molar-refractivity contribution in [2.24, 2.45) is 0 Å². The maximum Gasteiger partial charge on any atom is 0.207 e. The average Bonchev–Trinajstić information content (AvgIpc) is 3.34. The highest BCUT2D eigenvalue weighted by Gasteiger charge is 2.32. The summed E-state index contributed by atoms with van der Waals surface area (Å²) in [6.07, 6.45) is 3.65. The summed E-state index contributed by atoms with van der Waals surface area (Å²) in [7, 11) is -3.48. The van der Waals surface area contributed by atoms with Crippen LogP contribution in [0.15, 0.2) is 162 Å². The third-order valence-corrected chi connectivity index (χ3v) is 10.0. The van der Waals surface area contributed by atoms with Crippen LogP contribution in [0.4, 0.5) is 0 Å². The number of hydrogen-bond donors (Lipinski definition) is 0. The van der Waals surface area contributed by atoms with Gasteiger partial charge in [-0.25, -0.2) is 13.4 Å². The minimum Gasteiger partial charge on any atom is -0.255 e. The van der Waals surface area contributed by atoms with E-state index >= 15 is 0 Å². The van der Waals surface area contributed by atoms with Crippen molar-refractivity contribution in [2.75, 3.05) is 0 Å². The molecule has 0 fully saturated rings. The highest BCUT2D eigenvalue weighted by atomic mass is 32.2. The second-order valence-corrected chi connectivity index (χ2v) is 12.8. The van der Waals surface area contributed by atoms with Crippen LogP contribution in [-0.2, 0) is 9.84 Å². The van der Waals surface area contributed by atoms with Crippen LogP contribution in [0.2, 0.25) is 0 Å². The lowest BCUT2D eigenvalue weighted by Crippen LogP contribution is -1.96. The summed E-state index contributed by atoms with van der Waals surface area (Å²) in [5, 5.41) is 0. The van der Waals surface area contributed by atoms with E-state index in [1.807, 2.05) is 72.9 Å². The standard InChI is InChI=1S/C39H25N3O2S/c43-45(44)38-12-5-4-10-32(38)33-22-29(18-20-39(33)45)27-13-15-28(16-14-27)30-17-19-35(41-25-30)37-24-31(26-8-2-1-3-9-26)23-36(42-37)34-11-6-7-21-40-34/h1-25H. The number of pyridine rings is 3. The van der Waals surface area contributed by atoms with E-state index < -0.39 is 9.84 Å². The van der Waals surface area contributed by atoms with Crippen molar-refractivity contribution in [1.29, 1.82) is 0 Å². The number of aromatic nitrogens is 3. The first-order valence-electron chi connectivity index (χ1n) is 14.6. The van der Waals surface area contributed by atoms with Gasteiger partial charge in [0.15, 0.2) is 0 Å². The molecule has 0 unspecified atom stereocenters. The lowest BCUT2D eigenvalue weighted by atomic mass is 9.97. The summed E-state index contributed by atoms with van der Waals surface area (Å²) in [6.45, 7) is 0. The molecule has 0 radical (unpaired) electrons. The zero-order chi connectivity index (χ0) is 30.4. The van der Waals surface area contributed by atoms with E-state index in [-0.39, 0.29) is 0 Å². The maximum atomic E-state index is 13.0. The molecular weight excluding hydrogens is 575 g/mol. The predicted octanol–water partition coefficient (Wildman–Crippen LogP) is 9.02. The number of hydrogen-bond acceptors (Lipinski definition) is 5. The first kappa shape index (κ1) is 26.9. The van der Waals surface area contributed by atoms with Crippen LogP contribution in [0.3, 0.4) is 0 Å². The molecular formula is C39H25N3O2S. The van der Waals surface area contributed by atoms with Crippen LogP contribution in [0.1, 0.15) is 0 Å². The molecule has 0 saturated carbocycles. The van der Waals surface area contributed by atoms with Gasteiger partial charge in [-0.1, -0.05) is 91.0 Å². The number of benzene rings is 4. The Hall–Kier alpha value is -5.72. The first-order valence-corrected chi connectivity index (χ1v) is 16.1. The lowest BCUT2D eigenvalue weighted by molar-refractivity contribution is 0.598. The van der Waals surface area contributed by atoms with Gasteiger partial charge in [0.1, 0.15) is 0 Å². The zero-order valence-corrected chi connectivity index (χ0v) is 24.8. The summed E-state index contributed by atoms with van der Waals surface area (Å²) < 4.78 is 26.0. The first-order chi connectivity index (χ1) is 22.0. The Kier molecular flexibility index (Phi) is 6.43. The van der Waals surface area contributed by atoms with Gasteiger partial charge in [0.05, 0.1) is 32.6 Å². The molecule has 1 aliphatic rings. The van der Waals surface area contributed by atoms with Crippen LogP contribution in [-0.4, -0.2) is 23.4 Å². The Balaban J connectivity index is 1.10. The highest BCUT2D eigenvalue weighted by molar-refractivity contribution is 7.92. The normalized spacial score (nSPS) is 12.8. The quantitative estimate of drug-likeness (QED) is 0.197. The van der Waals surface area contributed by atoms with E-state index in [4.69, 9.17) is 9.97 Å². The van der Waals surface area contributed by atoms with Gasteiger partial charge < -0.3 is 0 Å². The Morgan fingerprint density at radius 1 is 0.400 bits per heavy atom. The van der Waals surface area contributed by atoms with Gasteiger partial charge in [0.25, 0.3) is 0 Å². The van der Waals surface area contributed by atoms with Crippen molar-refractivity contribution in [1.82, 2.24) is 15.0 Å². The van der Waals surface area contributed by atoms with E-state index in [9.17, 15) is 8.42 Å². The molecule has 7 aromatic rings. The van der Waals surface area contributed by atoms with E-state index in [1.54, 1.807) is 24.4 Å². The molecule has 6 heteroatoms. The SMILES string of the molecule is O=S1(=O)c2ccccc2-c2cc(-c3ccc(-c4ccc(-c5cc(-c6ccccc6)cc(-c6ccccn6)n5)nc4)cc3)ccc21. The van der Waals surface area contributed by atoms with Gasteiger partial charge in [-0.15, -0.1) is 0 Å². The molecule has 4 heterocycles. The number of fused-ring (bicyclic) bond motifs is 3. The summed E-state index contributed by atoms with van der Waals surface area (Å²) in [6, 6.07) is 45.3. The molecule has 4 aromatic carbocycles. The van der Waals surface area contributed by atoms with E-state index in [0.29, 0.717) is 9.79 Å². The molecule has 45 heavy (non-hydrogen) atoms. The van der Waals surface area contributed by atoms with Crippen molar-refractivity contribution < 1.29 is 8.42 Å². The van der Waals surface area contributed by atoms with Crippen LogP contribution in [0.25, 0.3) is 67.3 Å². The van der Waals surface area contributed by atoms with Gasteiger partial charge in [-0.2, -0.15) is 0 Å². The van der Waals surface area contributed by atoms with Gasteiger partial charge in [0.2, 0.25) is 9.84 Å². The topological polar surface area (TPSA) is 72.8 Å². The second kappa shape index (κ2) is 10.8. The Labute approximate surface area is 261 Å². The number of sulfone groups is 1. The Morgan fingerprint density at radius 3 is 1.71 bits per heavy atom. The Morgan fingerprint density at radius 2 is 1.00 bits per heavy atom. The lowest BCUT2D eigenvalue weighted by Gasteiger charge is -2.10. The van der Waals surface area contributed by atoms with E-state index in [1.165, 1.54) is 0 Å². The van der Waals surface area contributed by atoms with Crippen molar-refractivity contribution >= 4 is 9.84 Å². The van der Waals surface area contributed by atoms with Crippen molar-refractivity contribution in [3.05, 3.63) is 152 Å². The van der Waals surface area contributed by atoms with Crippen molar-refractivity contribution in [3.63, 3.8) is 0 Å². The van der Waals surface area contributed by atoms with Crippen molar-refractivity contribution in [3.8, 4) is 67.3 Å². The van der Waals surface area contributed by atoms with Gasteiger partial charge in [-0.05, 0) is 76.3 Å². The molecule has 214 valence electrons. The maximum absolute atomic E-state index is 13.0. The molecule has 0 N–H and O–H groups in total. The largest absolute Gasteiger partial charge is 0.255 e. The smallest absolute Gasteiger partial charge is 0.207 e. The van der Waals surface area contributed by atoms with Crippen LogP contribution < -0.4 is 0 Å². The number of rotatable bonds is 5. The molecule has 0 bridgehead atoms. The fraction of sp³-hybridized carbons (Fsp3) is 0. The Bertz CT molecular complexity index is 2250. The van der Waals surface area contributed by atoms with Crippen LogP contribution >= 0.6 is 0 Å². The molecule has 0 amide bonds. The fourth-order valence-electron chi connectivity index (χ4n) is 5.87. The second-order valence-electron chi connectivity index (χ2n) is 10.9. The predicted molar refractivity (Wildman–Crippen MR) is 178 cm³/mol. The van der Waals surface area contributed by atoms with Gasteiger partial charge in [0, 0.05) is 29.1 Å². The average molecular weight is 600 g/mol. The summed E-state index contributed by atoms with van der Waals surface area (Å²) in [5.74, 6) is 0. The molecule has 0 spiro atoms. The molecule has 3 aromatic heterocycles. The summed E-state index contributed by atoms with van der Waals surface area (Å²) in [5.41, 5.74) is 10.8. The van der Waals surface area contributed by atoms with Gasteiger partial charge >= 0.3 is 0 Å². The summed E-state index contributed by atoms with van der Waals surface area (Å²) in [4.78, 5) is 15.0. The van der Waals surface area contributed by atoms with Gasteiger partial charge in [-0.3, -0.25) is 9.97 Å². The van der Waals surface area contributed by atoms with Crippen LogP contribution in [0, 0.1) is 0 Å². The molecule has 1 aliphatic heterocycles. The monoisotopic (exact) mass is 599 g/mol. The molecule has 5 nitrogen and oxygen atoms in total. The minimum atomic E-state index is -3.48. The molecule has 0 aliphatic carbocycles. The highest BCUT2D eigenvalue weighted by Crippen LogP contribution is 2.44. The van der Waals surface area contributed by atoms with Crippen molar-refractivity contribution in [2.45, 2.75) is 9.79 Å². The molecule has 0 atom stereocenters. The molecule has 0 saturated heterocycles. The van der Waals surface area contributed by atoms with Crippen LogP contribution in [0.5, 0.6) is 0 Å². The summed E-state index contributed by atoms with van der Waals surface area (Å²) >= 11 is 0. The van der Waals surface area contributed by atoms with E-state index in [2.05, 4.69) is 59.6 Å². The fourth-order valence-corrected chi connectivity index (χ4v) is 7.54. The third-order valence-electron chi connectivity index (χ3n) is 8.17. The minimum absolute atomic E-state index is 0.367. The third kappa shape index (κ3) is 4.82. The zero-order valence-electron chi connectivity index (χ0n) is 24.0. The van der Waals surface area contributed by atoms with E-state index in [0.717, 1.165) is 67.3 Å². The molecule has 8 rings (SSSR count). The number of nitrogens with zero attached hydrogens (tertiary/aromatic N) is 3.